The lowest BCUT2D eigenvalue weighted by molar-refractivity contribution is -0.154. The molecule has 0 spiro atoms. The second-order valence-corrected chi connectivity index (χ2v) is 10.4. The maximum Gasteiger partial charge on any atom is 0.306 e. The number of carbonyl (C=O) groups is 2. The zero-order valence-electron chi connectivity index (χ0n) is 23.9. The number of carbonyl (C=O) groups excluding carboxylic acids is 2. The molecule has 0 radical (unpaired) electrons. The summed E-state index contributed by atoms with van der Waals surface area (Å²) in [6, 6.07) is 0. The first-order valence-corrected chi connectivity index (χ1v) is 15.5. The van der Waals surface area contributed by atoms with Crippen LogP contribution in [0.25, 0.3) is 0 Å². The Labute approximate surface area is 218 Å². The minimum Gasteiger partial charge on any atom is -0.466 e. The maximum absolute atomic E-state index is 11.9. The average Bonchev–Trinajstić information content (AvgIpc) is 2.84. The molecule has 0 rings (SSSR count). The number of esters is 2. The van der Waals surface area contributed by atoms with Crippen LogP contribution in [0.5, 0.6) is 0 Å². The largest absolute Gasteiger partial charge is 0.466 e. The van der Waals surface area contributed by atoms with Crippen LogP contribution in [0.2, 0.25) is 0 Å². The number of hydrogen-bond donors (Lipinski definition) is 0. The SMILES string of the molecule is CCCCCCCCCCCCCCCCCCCCOC(=O)CCC(=O)OC(CCC)CCC. The van der Waals surface area contributed by atoms with Crippen molar-refractivity contribution in [3.63, 3.8) is 0 Å². The summed E-state index contributed by atoms with van der Waals surface area (Å²) >= 11 is 0. The maximum atomic E-state index is 11.9. The van der Waals surface area contributed by atoms with Gasteiger partial charge in [0.05, 0.1) is 19.4 Å². The highest BCUT2D eigenvalue weighted by molar-refractivity contribution is 5.77. The van der Waals surface area contributed by atoms with Crippen molar-refractivity contribution in [2.45, 2.75) is 181 Å². The fourth-order valence-electron chi connectivity index (χ4n) is 4.62. The van der Waals surface area contributed by atoms with Crippen LogP contribution < -0.4 is 0 Å². The number of rotatable bonds is 27. The minimum absolute atomic E-state index is 0.00626. The van der Waals surface area contributed by atoms with Crippen molar-refractivity contribution in [3.8, 4) is 0 Å². The van der Waals surface area contributed by atoms with Gasteiger partial charge in [-0.2, -0.15) is 0 Å². The molecular formula is C31H60O4. The molecule has 0 N–H and O–H groups in total. The van der Waals surface area contributed by atoms with E-state index in [0.717, 1.165) is 38.5 Å². The summed E-state index contributed by atoms with van der Waals surface area (Å²) in [5.74, 6) is -0.557. The second kappa shape index (κ2) is 27.5. The zero-order chi connectivity index (χ0) is 25.8. The van der Waals surface area contributed by atoms with E-state index in [-0.39, 0.29) is 30.9 Å². The first kappa shape index (κ1) is 33.9. The molecule has 208 valence electrons. The topological polar surface area (TPSA) is 52.6 Å². The summed E-state index contributed by atoms with van der Waals surface area (Å²) in [6.45, 7) is 6.94. The smallest absolute Gasteiger partial charge is 0.306 e. The summed E-state index contributed by atoms with van der Waals surface area (Å²) < 4.78 is 10.8. The normalized spacial score (nSPS) is 11.2. The molecule has 0 saturated carbocycles. The van der Waals surface area contributed by atoms with Gasteiger partial charge in [0.15, 0.2) is 0 Å². The van der Waals surface area contributed by atoms with Gasteiger partial charge >= 0.3 is 11.9 Å². The van der Waals surface area contributed by atoms with Crippen LogP contribution in [0.4, 0.5) is 0 Å². The van der Waals surface area contributed by atoms with Gasteiger partial charge in [0.2, 0.25) is 0 Å². The Bertz CT molecular complexity index is 457. The van der Waals surface area contributed by atoms with E-state index in [1.54, 1.807) is 0 Å². The molecule has 0 aliphatic carbocycles. The van der Waals surface area contributed by atoms with E-state index in [0.29, 0.717) is 6.61 Å². The number of hydrogen-bond acceptors (Lipinski definition) is 4. The lowest BCUT2D eigenvalue weighted by atomic mass is 10.0. The molecule has 0 bridgehead atoms. The van der Waals surface area contributed by atoms with E-state index in [1.165, 1.54) is 103 Å². The van der Waals surface area contributed by atoms with Gasteiger partial charge in [-0.25, -0.2) is 0 Å². The predicted molar refractivity (Wildman–Crippen MR) is 149 cm³/mol. The van der Waals surface area contributed by atoms with E-state index in [2.05, 4.69) is 20.8 Å². The van der Waals surface area contributed by atoms with Crippen molar-refractivity contribution in [2.75, 3.05) is 6.61 Å². The Hall–Kier alpha value is -1.06. The van der Waals surface area contributed by atoms with Crippen LogP contribution in [-0.2, 0) is 19.1 Å². The molecular weight excluding hydrogens is 436 g/mol. The highest BCUT2D eigenvalue weighted by Crippen LogP contribution is 2.15. The monoisotopic (exact) mass is 496 g/mol. The van der Waals surface area contributed by atoms with Crippen molar-refractivity contribution < 1.29 is 19.1 Å². The molecule has 4 heteroatoms. The Morgan fingerprint density at radius 3 is 1.26 bits per heavy atom. The molecule has 0 amide bonds. The summed E-state index contributed by atoms with van der Waals surface area (Å²) in [6.07, 6.45) is 28.3. The van der Waals surface area contributed by atoms with Gasteiger partial charge in [0, 0.05) is 0 Å². The first-order valence-electron chi connectivity index (χ1n) is 15.5. The third-order valence-electron chi connectivity index (χ3n) is 6.81. The van der Waals surface area contributed by atoms with E-state index in [4.69, 9.17) is 9.47 Å². The van der Waals surface area contributed by atoms with Gasteiger partial charge < -0.3 is 9.47 Å². The lowest BCUT2D eigenvalue weighted by Gasteiger charge is -2.16. The molecule has 0 fully saturated rings. The van der Waals surface area contributed by atoms with Gasteiger partial charge in [0.25, 0.3) is 0 Å². The van der Waals surface area contributed by atoms with E-state index < -0.39 is 0 Å². The zero-order valence-corrected chi connectivity index (χ0v) is 23.9. The van der Waals surface area contributed by atoms with Gasteiger partial charge in [-0.3, -0.25) is 9.59 Å². The highest BCUT2D eigenvalue weighted by atomic mass is 16.5. The molecule has 4 nitrogen and oxygen atoms in total. The quantitative estimate of drug-likeness (QED) is 0.0838. The van der Waals surface area contributed by atoms with Gasteiger partial charge in [0.1, 0.15) is 6.10 Å². The van der Waals surface area contributed by atoms with E-state index >= 15 is 0 Å². The molecule has 0 aliphatic heterocycles. The van der Waals surface area contributed by atoms with Gasteiger partial charge in [-0.1, -0.05) is 143 Å². The van der Waals surface area contributed by atoms with Crippen LogP contribution in [0.3, 0.4) is 0 Å². The van der Waals surface area contributed by atoms with Crippen LogP contribution in [0.1, 0.15) is 175 Å². The Kier molecular flexibility index (Phi) is 26.7. The molecule has 0 saturated heterocycles. The minimum atomic E-state index is -0.281. The summed E-state index contributed by atoms with van der Waals surface area (Å²) in [7, 11) is 0. The van der Waals surface area contributed by atoms with Crippen molar-refractivity contribution in [1.29, 1.82) is 0 Å². The van der Waals surface area contributed by atoms with Crippen LogP contribution in [0.15, 0.2) is 0 Å². The van der Waals surface area contributed by atoms with E-state index in [9.17, 15) is 9.59 Å². The standard InChI is InChI=1S/C31H60O4/c1-4-7-8-9-10-11-12-13-14-15-16-17-18-19-20-21-22-23-28-34-30(32)26-27-31(33)35-29(24-5-2)25-6-3/h29H,4-28H2,1-3H3. The van der Waals surface area contributed by atoms with Crippen molar-refractivity contribution in [3.05, 3.63) is 0 Å². The second-order valence-electron chi connectivity index (χ2n) is 10.4. The summed E-state index contributed by atoms with van der Waals surface area (Å²) in [4.78, 5) is 23.8. The van der Waals surface area contributed by atoms with Crippen molar-refractivity contribution in [1.82, 2.24) is 0 Å². The molecule has 35 heavy (non-hydrogen) atoms. The van der Waals surface area contributed by atoms with Crippen LogP contribution in [0, 0.1) is 0 Å². The van der Waals surface area contributed by atoms with Crippen LogP contribution >= 0.6 is 0 Å². The fraction of sp³-hybridized carbons (Fsp3) is 0.935. The molecule has 0 aromatic rings. The molecule has 0 aromatic heterocycles. The third-order valence-corrected chi connectivity index (χ3v) is 6.81. The Morgan fingerprint density at radius 2 is 0.857 bits per heavy atom. The van der Waals surface area contributed by atoms with Crippen molar-refractivity contribution >= 4 is 11.9 Å². The Balaban J connectivity index is 3.34. The van der Waals surface area contributed by atoms with Gasteiger partial charge in [-0.15, -0.1) is 0 Å². The third kappa shape index (κ3) is 25.8. The van der Waals surface area contributed by atoms with E-state index in [1.807, 2.05) is 0 Å². The first-order chi connectivity index (χ1) is 17.1. The van der Waals surface area contributed by atoms with Gasteiger partial charge in [-0.05, 0) is 19.3 Å². The highest BCUT2D eigenvalue weighted by Gasteiger charge is 2.14. The molecule has 0 unspecified atom stereocenters. The summed E-state index contributed by atoms with van der Waals surface area (Å²) in [5, 5.41) is 0. The molecule has 0 atom stereocenters. The predicted octanol–water partition coefficient (Wildman–Crippen LogP) is 9.86. The lowest BCUT2D eigenvalue weighted by Crippen LogP contribution is -2.19. The fourth-order valence-corrected chi connectivity index (χ4v) is 4.62. The number of ether oxygens (including phenoxy) is 2. The van der Waals surface area contributed by atoms with Crippen LogP contribution in [-0.4, -0.2) is 24.6 Å². The molecule has 0 aliphatic rings. The summed E-state index contributed by atoms with van der Waals surface area (Å²) in [5.41, 5.74) is 0. The number of unbranched alkanes of at least 4 members (excludes halogenated alkanes) is 17. The Morgan fingerprint density at radius 1 is 0.486 bits per heavy atom. The van der Waals surface area contributed by atoms with Crippen molar-refractivity contribution in [2.24, 2.45) is 0 Å². The molecule has 0 heterocycles. The molecule has 0 aromatic carbocycles. The average molecular weight is 497 g/mol.